The minimum Gasteiger partial charge on any atom is -0.377 e. The maximum absolute atomic E-state index is 13.0. The number of aromatic nitrogens is 2. The van der Waals surface area contributed by atoms with E-state index >= 15 is 0 Å². The van der Waals surface area contributed by atoms with Gasteiger partial charge in [0.2, 0.25) is 5.28 Å². The molecule has 1 atom stereocenters. The van der Waals surface area contributed by atoms with Gasteiger partial charge in [0.05, 0.1) is 30.2 Å². The third-order valence-corrected chi connectivity index (χ3v) is 8.71. The normalized spacial score (nSPS) is 26.9. The molecule has 132 valence electrons. The fourth-order valence-corrected chi connectivity index (χ4v) is 6.56. The Morgan fingerprint density at radius 3 is 2.67 bits per heavy atom. The van der Waals surface area contributed by atoms with E-state index in [1.54, 1.807) is 0 Å². The minimum absolute atomic E-state index is 0.124. The van der Waals surface area contributed by atoms with E-state index in [1.807, 2.05) is 6.07 Å². The van der Waals surface area contributed by atoms with Crippen LogP contribution in [0.1, 0.15) is 44.7 Å². The average molecular weight is 372 g/mol. The number of rotatable bonds is 4. The molecule has 24 heavy (non-hydrogen) atoms. The molecule has 4 rings (SSSR count). The molecule has 1 aromatic rings. The first-order chi connectivity index (χ1) is 11.4. The van der Waals surface area contributed by atoms with Gasteiger partial charge in [0.1, 0.15) is 10.6 Å². The number of morpholine rings is 1. The molecule has 2 aliphatic carbocycles. The Kier molecular flexibility index (Phi) is 4.01. The molecule has 3 fully saturated rings. The van der Waals surface area contributed by atoms with Crippen LogP contribution in [0.4, 0.5) is 5.82 Å². The van der Waals surface area contributed by atoms with Gasteiger partial charge < -0.3 is 9.64 Å². The van der Waals surface area contributed by atoms with Gasteiger partial charge in [-0.25, -0.2) is 18.4 Å². The third kappa shape index (κ3) is 2.52. The Labute approximate surface area is 147 Å². The molecule has 6 nitrogen and oxygen atoms in total. The Morgan fingerprint density at radius 1 is 1.33 bits per heavy atom. The van der Waals surface area contributed by atoms with Crippen molar-refractivity contribution in [3.05, 3.63) is 17.0 Å². The van der Waals surface area contributed by atoms with Crippen LogP contribution in [0.3, 0.4) is 0 Å². The molecule has 1 saturated heterocycles. The summed E-state index contributed by atoms with van der Waals surface area (Å²) in [5.74, 6) is 0.707. The van der Waals surface area contributed by atoms with Crippen LogP contribution in [0.15, 0.2) is 6.07 Å². The molecule has 0 aromatic carbocycles. The van der Waals surface area contributed by atoms with Gasteiger partial charge in [-0.1, -0.05) is 0 Å². The van der Waals surface area contributed by atoms with Gasteiger partial charge in [0, 0.05) is 12.6 Å². The zero-order valence-electron chi connectivity index (χ0n) is 13.7. The molecule has 0 bridgehead atoms. The molecule has 1 aromatic heterocycles. The molecule has 3 aliphatic rings. The molecular formula is C16H22ClN3O3S. The predicted octanol–water partition coefficient (Wildman–Crippen LogP) is 2.31. The fraction of sp³-hybridized carbons (Fsp3) is 0.750. The zero-order valence-corrected chi connectivity index (χ0v) is 15.3. The molecule has 0 spiro atoms. The van der Waals surface area contributed by atoms with Crippen molar-refractivity contribution in [3.63, 3.8) is 0 Å². The monoisotopic (exact) mass is 371 g/mol. The number of hydrogen-bond acceptors (Lipinski definition) is 6. The second-order valence-electron chi connectivity index (χ2n) is 7.09. The first kappa shape index (κ1) is 16.5. The summed E-state index contributed by atoms with van der Waals surface area (Å²) >= 11 is 6.17. The van der Waals surface area contributed by atoms with Crippen molar-refractivity contribution in [2.45, 2.75) is 55.1 Å². The summed E-state index contributed by atoms with van der Waals surface area (Å²) in [6, 6.07) is 2.02. The highest BCUT2D eigenvalue weighted by atomic mass is 35.5. The summed E-state index contributed by atoms with van der Waals surface area (Å²) < 4.78 is 30.7. The summed E-state index contributed by atoms with van der Waals surface area (Å²) in [7, 11) is -3.21. The third-order valence-electron chi connectivity index (χ3n) is 5.48. The van der Waals surface area contributed by atoms with Crippen molar-refractivity contribution < 1.29 is 13.2 Å². The Balaban J connectivity index is 1.75. The molecule has 0 amide bonds. The highest BCUT2D eigenvalue weighted by molar-refractivity contribution is 7.93. The van der Waals surface area contributed by atoms with Gasteiger partial charge in [0.25, 0.3) is 0 Å². The van der Waals surface area contributed by atoms with E-state index < -0.39 is 14.6 Å². The van der Waals surface area contributed by atoms with Gasteiger partial charge in [-0.3, -0.25) is 0 Å². The topological polar surface area (TPSA) is 72.4 Å². The molecule has 1 aliphatic heterocycles. The van der Waals surface area contributed by atoms with E-state index in [2.05, 4.69) is 21.8 Å². The smallest absolute Gasteiger partial charge is 0.224 e. The Hall–Kier alpha value is -0.920. The predicted molar refractivity (Wildman–Crippen MR) is 92.1 cm³/mol. The van der Waals surface area contributed by atoms with Crippen molar-refractivity contribution >= 4 is 27.3 Å². The number of sulfone groups is 1. The van der Waals surface area contributed by atoms with E-state index in [-0.39, 0.29) is 16.6 Å². The summed E-state index contributed by atoms with van der Waals surface area (Å²) in [4.78, 5) is 10.8. The molecule has 2 heterocycles. The standard InChI is InChI=1S/C16H22ClN3O3S/c1-11-10-23-8-7-20(11)14-9-13(18-15(17)19-14)16(5-2-6-16)24(21,22)12-3-4-12/h9,11-12H,2-8,10H2,1H3/t11-/m0/s1. The molecule has 2 saturated carbocycles. The molecule has 8 heteroatoms. The van der Waals surface area contributed by atoms with Gasteiger partial charge >= 0.3 is 0 Å². The van der Waals surface area contributed by atoms with Gasteiger partial charge in [0.15, 0.2) is 9.84 Å². The van der Waals surface area contributed by atoms with Gasteiger partial charge in [-0.05, 0) is 50.6 Å². The van der Waals surface area contributed by atoms with Crippen molar-refractivity contribution in [2.75, 3.05) is 24.7 Å². The van der Waals surface area contributed by atoms with Crippen molar-refractivity contribution in [1.29, 1.82) is 0 Å². The summed E-state index contributed by atoms with van der Waals surface area (Å²) in [5, 5.41) is -0.0734. The summed E-state index contributed by atoms with van der Waals surface area (Å²) in [6.45, 7) is 4.04. The second-order valence-corrected chi connectivity index (χ2v) is 9.97. The lowest BCUT2D eigenvalue weighted by Gasteiger charge is -2.41. The lowest BCUT2D eigenvalue weighted by molar-refractivity contribution is 0.0985. The van der Waals surface area contributed by atoms with E-state index in [4.69, 9.17) is 16.3 Å². The maximum atomic E-state index is 13.0. The van der Waals surface area contributed by atoms with Crippen LogP contribution >= 0.6 is 11.6 Å². The minimum atomic E-state index is -3.21. The van der Waals surface area contributed by atoms with Crippen LogP contribution in [-0.4, -0.2) is 49.4 Å². The number of anilines is 1. The number of ether oxygens (including phenoxy) is 1. The number of nitrogens with zero attached hydrogens (tertiary/aromatic N) is 3. The largest absolute Gasteiger partial charge is 0.377 e. The first-order valence-corrected chi connectivity index (χ1v) is 10.5. The highest BCUT2D eigenvalue weighted by Crippen LogP contribution is 2.53. The summed E-state index contributed by atoms with van der Waals surface area (Å²) in [5.41, 5.74) is 0.578. The average Bonchev–Trinajstić information content (AvgIpc) is 3.30. The fourth-order valence-electron chi connectivity index (χ4n) is 3.74. The lowest BCUT2D eigenvalue weighted by atomic mass is 9.81. The van der Waals surface area contributed by atoms with E-state index in [9.17, 15) is 8.42 Å². The van der Waals surface area contributed by atoms with Crippen molar-refractivity contribution in [3.8, 4) is 0 Å². The van der Waals surface area contributed by atoms with Gasteiger partial charge in [-0.2, -0.15) is 0 Å². The van der Waals surface area contributed by atoms with Crippen LogP contribution in [-0.2, 0) is 19.3 Å². The quantitative estimate of drug-likeness (QED) is 0.756. The van der Waals surface area contributed by atoms with E-state index in [0.717, 1.165) is 25.8 Å². The van der Waals surface area contributed by atoms with Crippen molar-refractivity contribution in [1.82, 2.24) is 9.97 Å². The second kappa shape index (κ2) is 5.81. The molecular weight excluding hydrogens is 350 g/mol. The van der Waals surface area contributed by atoms with Crippen LogP contribution in [0.5, 0.6) is 0 Å². The highest BCUT2D eigenvalue weighted by Gasteiger charge is 2.57. The van der Waals surface area contributed by atoms with Gasteiger partial charge in [-0.15, -0.1) is 0 Å². The zero-order chi connectivity index (χ0) is 16.9. The van der Waals surface area contributed by atoms with Crippen molar-refractivity contribution in [2.24, 2.45) is 0 Å². The number of halogens is 1. The van der Waals surface area contributed by atoms with E-state index in [1.165, 1.54) is 0 Å². The van der Waals surface area contributed by atoms with E-state index in [0.29, 0.717) is 37.6 Å². The maximum Gasteiger partial charge on any atom is 0.224 e. The first-order valence-electron chi connectivity index (χ1n) is 8.57. The Morgan fingerprint density at radius 2 is 2.08 bits per heavy atom. The lowest BCUT2D eigenvalue weighted by Crippen LogP contribution is -2.46. The van der Waals surface area contributed by atoms with Crippen LogP contribution in [0.2, 0.25) is 5.28 Å². The molecule has 0 unspecified atom stereocenters. The Bertz CT molecular complexity index is 747. The summed E-state index contributed by atoms with van der Waals surface area (Å²) in [6.07, 6.45) is 3.73. The van der Waals surface area contributed by atoms with Crippen LogP contribution in [0.25, 0.3) is 0 Å². The molecule has 0 radical (unpaired) electrons. The van der Waals surface area contributed by atoms with Crippen LogP contribution < -0.4 is 4.90 Å². The molecule has 0 N–H and O–H groups in total. The van der Waals surface area contributed by atoms with Crippen LogP contribution in [0, 0.1) is 0 Å². The SMILES string of the molecule is C[C@H]1COCCN1c1cc(C2(S(=O)(=O)C3CC3)CCC2)nc(Cl)n1. The number of hydrogen-bond donors (Lipinski definition) is 0.